The fraction of sp³-hybridized carbons (Fsp3) is 1.00. The minimum Gasteiger partial charge on any atom is -0.376 e. The second-order valence-corrected chi connectivity index (χ2v) is 4.25. The topological polar surface area (TPSA) is 9.23 Å². The second kappa shape index (κ2) is 4.24. The summed E-state index contributed by atoms with van der Waals surface area (Å²) in [4.78, 5) is 0. The van der Waals surface area contributed by atoms with E-state index in [0.717, 1.165) is 0 Å². The van der Waals surface area contributed by atoms with Gasteiger partial charge in [0.2, 0.25) is 0 Å². The number of likely N-dealkylation sites (N-methyl/N-ethyl adjacent to an activating group) is 1. The molecule has 0 radical (unpaired) electrons. The first-order valence-corrected chi connectivity index (χ1v) is 5.06. The largest absolute Gasteiger partial charge is 0.376 e. The van der Waals surface area contributed by atoms with Crippen LogP contribution in [-0.4, -0.2) is 44.4 Å². The molecule has 2 unspecified atom stereocenters. The second-order valence-electron chi connectivity index (χ2n) is 4.25. The third-order valence-corrected chi connectivity index (χ3v) is 2.97. The molecule has 1 rings (SSSR count). The van der Waals surface area contributed by atoms with Gasteiger partial charge in [-0.2, -0.15) is 0 Å². The highest BCUT2D eigenvalue weighted by molar-refractivity contribution is 4.63. The molecular formula is C10H22NO+. The van der Waals surface area contributed by atoms with E-state index >= 15 is 0 Å². The lowest BCUT2D eigenvalue weighted by Crippen LogP contribution is -2.53. The van der Waals surface area contributed by atoms with Crippen molar-refractivity contribution >= 4 is 0 Å². The molecule has 1 heterocycles. The van der Waals surface area contributed by atoms with Crippen LogP contribution in [0.1, 0.15) is 26.2 Å². The summed E-state index contributed by atoms with van der Waals surface area (Å²) < 4.78 is 6.63. The Bertz CT molecular complexity index is 134. The maximum Gasteiger partial charge on any atom is 0.106 e. The summed E-state index contributed by atoms with van der Waals surface area (Å²) in [6.07, 6.45) is 4.38. The van der Waals surface area contributed by atoms with Gasteiger partial charge in [-0.1, -0.05) is 6.92 Å². The van der Waals surface area contributed by atoms with Crippen LogP contribution in [0.5, 0.6) is 0 Å². The van der Waals surface area contributed by atoms with Crippen molar-refractivity contribution in [1.29, 1.82) is 0 Å². The van der Waals surface area contributed by atoms with Crippen LogP contribution in [0.4, 0.5) is 0 Å². The molecule has 2 atom stereocenters. The van der Waals surface area contributed by atoms with E-state index in [1.54, 1.807) is 0 Å². The van der Waals surface area contributed by atoms with Crippen molar-refractivity contribution in [3.63, 3.8) is 0 Å². The molecule has 0 aromatic carbocycles. The summed E-state index contributed by atoms with van der Waals surface area (Å²) in [5.41, 5.74) is 0. The number of nitrogens with zero attached hydrogens (tertiary/aromatic N) is 1. The number of quaternary nitrogens is 1. The summed E-state index contributed by atoms with van der Waals surface area (Å²) in [6, 6.07) is 0. The molecule has 0 N–H and O–H groups in total. The molecule has 0 bridgehead atoms. The minimum atomic E-state index is 0.510. The average Bonchev–Trinajstić information content (AvgIpc) is 2.04. The molecule has 0 amide bonds. The molecule has 1 fully saturated rings. The van der Waals surface area contributed by atoms with E-state index in [1.807, 2.05) is 7.11 Å². The molecule has 1 aliphatic rings. The SMILES string of the molecule is CCC[N+]1(C)CCCC(OC)C1. The molecule has 0 saturated carbocycles. The van der Waals surface area contributed by atoms with Gasteiger partial charge < -0.3 is 9.22 Å². The maximum atomic E-state index is 5.42. The first kappa shape index (κ1) is 10.0. The highest BCUT2D eigenvalue weighted by Crippen LogP contribution is 2.18. The van der Waals surface area contributed by atoms with Crippen LogP contribution in [-0.2, 0) is 4.74 Å². The zero-order valence-electron chi connectivity index (χ0n) is 8.68. The Morgan fingerprint density at radius 3 is 2.83 bits per heavy atom. The van der Waals surface area contributed by atoms with E-state index in [4.69, 9.17) is 4.74 Å². The average molecular weight is 172 g/mol. The van der Waals surface area contributed by atoms with Gasteiger partial charge >= 0.3 is 0 Å². The summed E-state index contributed by atoms with van der Waals surface area (Å²) in [5, 5.41) is 0. The molecular weight excluding hydrogens is 150 g/mol. The van der Waals surface area contributed by atoms with Crippen molar-refractivity contribution in [2.75, 3.05) is 33.8 Å². The minimum absolute atomic E-state index is 0.510. The van der Waals surface area contributed by atoms with Gasteiger partial charge in [0, 0.05) is 7.11 Å². The van der Waals surface area contributed by atoms with Gasteiger partial charge in [-0.3, -0.25) is 0 Å². The van der Waals surface area contributed by atoms with Crippen LogP contribution in [0, 0.1) is 0 Å². The van der Waals surface area contributed by atoms with Gasteiger partial charge in [-0.25, -0.2) is 0 Å². The van der Waals surface area contributed by atoms with Gasteiger partial charge in [-0.05, 0) is 19.3 Å². The number of likely N-dealkylation sites (tertiary alicyclic amines) is 1. The monoisotopic (exact) mass is 172 g/mol. The quantitative estimate of drug-likeness (QED) is 0.588. The van der Waals surface area contributed by atoms with Crippen molar-refractivity contribution in [2.45, 2.75) is 32.3 Å². The van der Waals surface area contributed by atoms with Crippen LogP contribution >= 0.6 is 0 Å². The molecule has 0 aromatic rings. The van der Waals surface area contributed by atoms with Crippen LogP contribution in [0.3, 0.4) is 0 Å². The van der Waals surface area contributed by atoms with Crippen LogP contribution in [0.2, 0.25) is 0 Å². The van der Waals surface area contributed by atoms with Crippen LogP contribution < -0.4 is 0 Å². The zero-order chi connectivity index (χ0) is 9.03. The normalized spacial score (nSPS) is 36.8. The summed E-state index contributed by atoms with van der Waals surface area (Å²) in [6.45, 7) is 6.12. The van der Waals surface area contributed by atoms with Gasteiger partial charge in [-0.15, -0.1) is 0 Å². The van der Waals surface area contributed by atoms with Crippen molar-refractivity contribution in [2.24, 2.45) is 0 Å². The van der Waals surface area contributed by atoms with E-state index in [9.17, 15) is 0 Å². The maximum absolute atomic E-state index is 5.42. The molecule has 1 saturated heterocycles. The van der Waals surface area contributed by atoms with E-state index in [2.05, 4.69) is 14.0 Å². The summed E-state index contributed by atoms with van der Waals surface area (Å²) in [7, 11) is 4.20. The van der Waals surface area contributed by atoms with E-state index < -0.39 is 0 Å². The van der Waals surface area contributed by atoms with E-state index in [0.29, 0.717) is 6.10 Å². The van der Waals surface area contributed by atoms with Crippen molar-refractivity contribution < 1.29 is 9.22 Å². The van der Waals surface area contributed by atoms with Crippen LogP contribution in [0.15, 0.2) is 0 Å². The van der Waals surface area contributed by atoms with Gasteiger partial charge in [0.1, 0.15) is 12.6 Å². The lowest BCUT2D eigenvalue weighted by molar-refractivity contribution is -0.917. The number of methoxy groups -OCH3 is 1. The Morgan fingerprint density at radius 1 is 1.50 bits per heavy atom. The van der Waals surface area contributed by atoms with Gasteiger partial charge in [0.15, 0.2) is 0 Å². The number of rotatable bonds is 3. The smallest absolute Gasteiger partial charge is 0.106 e. The highest BCUT2D eigenvalue weighted by Gasteiger charge is 2.29. The Hall–Kier alpha value is -0.0800. The molecule has 0 aliphatic carbocycles. The lowest BCUT2D eigenvalue weighted by atomic mass is 10.1. The Labute approximate surface area is 76.1 Å². The molecule has 2 nitrogen and oxygen atoms in total. The predicted octanol–water partition coefficient (Wildman–Crippen LogP) is 1.65. The van der Waals surface area contributed by atoms with Crippen molar-refractivity contribution in [1.82, 2.24) is 0 Å². The third kappa shape index (κ3) is 2.46. The summed E-state index contributed by atoms with van der Waals surface area (Å²) in [5.74, 6) is 0. The number of piperidine rings is 1. The van der Waals surface area contributed by atoms with Crippen LogP contribution in [0.25, 0.3) is 0 Å². The third-order valence-electron chi connectivity index (χ3n) is 2.97. The Kier molecular flexibility index (Phi) is 3.53. The Balaban J connectivity index is 2.43. The number of ether oxygens (including phenoxy) is 1. The van der Waals surface area contributed by atoms with Gasteiger partial charge in [0.05, 0.1) is 20.1 Å². The van der Waals surface area contributed by atoms with Gasteiger partial charge in [0.25, 0.3) is 0 Å². The first-order chi connectivity index (χ1) is 5.70. The standard InChI is InChI=1S/C10H22NO/c1-4-7-11(2)8-5-6-10(9-11)12-3/h10H,4-9H2,1-3H3/q+1. The molecule has 0 aromatic heterocycles. The highest BCUT2D eigenvalue weighted by atomic mass is 16.5. The molecule has 1 aliphatic heterocycles. The molecule has 12 heavy (non-hydrogen) atoms. The predicted molar refractivity (Wildman–Crippen MR) is 51.1 cm³/mol. The molecule has 0 spiro atoms. The molecule has 72 valence electrons. The lowest BCUT2D eigenvalue weighted by Gasteiger charge is -2.40. The van der Waals surface area contributed by atoms with Crippen molar-refractivity contribution in [3.05, 3.63) is 0 Å². The molecule has 2 heteroatoms. The first-order valence-electron chi connectivity index (χ1n) is 5.06. The fourth-order valence-corrected chi connectivity index (χ4v) is 2.31. The van der Waals surface area contributed by atoms with E-state index in [-0.39, 0.29) is 0 Å². The Morgan fingerprint density at radius 2 is 2.25 bits per heavy atom. The number of hydrogen-bond acceptors (Lipinski definition) is 1. The fourth-order valence-electron chi connectivity index (χ4n) is 2.31. The summed E-state index contributed by atoms with van der Waals surface area (Å²) >= 11 is 0. The zero-order valence-corrected chi connectivity index (χ0v) is 8.68. The van der Waals surface area contributed by atoms with Crippen molar-refractivity contribution in [3.8, 4) is 0 Å². The van der Waals surface area contributed by atoms with E-state index in [1.165, 1.54) is 43.4 Å². The number of hydrogen-bond donors (Lipinski definition) is 0.